The SMILES string of the molecule is Cc1ccc(Br)c(-n2cc(CNCC(C)C)nn2)c1. The maximum Gasteiger partial charge on any atom is 0.0969 e. The number of rotatable bonds is 5. The summed E-state index contributed by atoms with van der Waals surface area (Å²) in [5, 5.41) is 11.7. The molecule has 0 fully saturated rings. The summed E-state index contributed by atoms with van der Waals surface area (Å²) in [6.45, 7) is 8.18. The number of aromatic nitrogens is 3. The molecule has 1 N–H and O–H groups in total. The molecule has 0 atom stereocenters. The molecule has 0 amide bonds. The molecule has 102 valence electrons. The Balaban J connectivity index is 2.10. The summed E-state index contributed by atoms with van der Waals surface area (Å²) < 4.78 is 2.83. The van der Waals surface area contributed by atoms with E-state index in [4.69, 9.17) is 0 Å². The quantitative estimate of drug-likeness (QED) is 0.919. The van der Waals surface area contributed by atoms with Crippen molar-refractivity contribution in [1.29, 1.82) is 0 Å². The van der Waals surface area contributed by atoms with Crippen LogP contribution in [0.4, 0.5) is 0 Å². The Hall–Kier alpha value is -1.20. The van der Waals surface area contributed by atoms with Crippen LogP contribution in [0.2, 0.25) is 0 Å². The molecule has 1 heterocycles. The molecule has 0 bridgehead atoms. The van der Waals surface area contributed by atoms with Crippen molar-refractivity contribution in [3.8, 4) is 5.69 Å². The Bertz CT molecular complexity index is 548. The second kappa shape index (κ2) is 6.30. The summed E-state index contributed by atoms with van der Waals surface area (Å²) in [6, 6.07) is 6.18. The van der Waals surface area contributed by atoms with Crippen molar-refractivity contribution in [1.82, 2.24) is 20.3 Å². The lowest BCUT2D eigenvalue weighted by atomic mass is 10.2. The van der Waals surface area contributed by atoms with Crippen LogP contribution in [0.3, 0.4) is 0 Å². The molecule has 1 aromatic heterocycles. The molecule has 0 aliphatic heterocycles. The van der Waals surface area contributed by atoms with E-state index in [2.05, 4.69) is 64.5 Å². The van der Waals surface area contributed by atoms with Crippen molar-refractivity contribution in [2.24, 2.45) is 5.92 Å². The summed E-state index contributed by atoms with van der Waals surface area (Å²) in [5.74, 6) is 0.640. The Morgan fingerprint density at radius 3 is 2.89 bits per heavy atom. The molecule has 2 rings (SSSR count). The molecular weight excluding hydrogens is 304 g/mol. The molecule has 0 radical (unpaired) electrons. The highest BCUT2D eigenvalue weighted by Crippen LogP contribution is 2.21. The van der Waals surface area contributed by atoms with E-state index in [-0.39, 0.29) is 0 Å². The second-order valence-electron chi connectivity index (χ2n) is 5.13. The van der Waals surface area contributed by atoms with Crippen LogP contribution in [-0.4, -0.2) is 21.5 Å². The van der Waals surface area contributed by atoms with E-state index in [9.17, 15) is 0 Å². The van der Waals surface area contributed by atoms with E-state index in [0.29, 0.717) is 5.92 Å². The van der Waals surface area contributed by atoms with Crippen molar-refractivity contribution < 1.29 is 0 Å². The summed E-state index contributed by atoms with van der Waals surface area (Å²) in [7, 11) is 0. The van der Waals surface area contributed by atoms with Crippen LogP contribution in [0.15, 0.2) is 28.9 Å². The normalized spacial score (nSPS) is 11.2. The highest BCUT2D eigenvalue weighted by Gasteiger charge is 2.06. The number of nitrogens with zero attached hydrogens (tertiary/aromatic N) is 3. The highest BCUT2D eigenvalue weighted by molar-refractivity contribution is 9.10. The van der Waals surface area contributed by atoms with Crippen molar-refractivity contribution in [3.63, 3.8) is 0 Å². The van der Waals surface area contributed by atoms with Gasteiger partial charge in [-0.3, -0.25) is 0 Å². The van der Waals surface area contributed by atoms with Gasteiger partial charge in [0, 0.05) is 11.0 Å². The first-order valence-electron chi connectivity index (χ1n) is 6.44. The summed E-state index contributed by atoms with van der Waals surface area (Å²) in [6.07, 6.45) is 1.97. The molecule has 0 unspecified atom stereocenters. The third kappa shape index (κ3) is 3.88. The lowest BCUT2D eigenvalue weighted by molar-refractivity contribution is 0.548. The molecule has 0 aliphatic carbocycles. The van der Waals surface area contributed by atoms with Crippen molar-refractivity contribution >= 4 is 15.9 Å². The number of halogens is 1. The summed E-state index contributed by atoms with van der Waals surface area (Å²) in [5.41, 5.74) is 3.17. The summed E-state index contributed by atoms with van der Waals surface area (Å²) >= 11 is 3.54. The van der Waals surface area contributed by atoms with Gasteiger partial charge in [0.1, 0.15) is 0 Å². The molecule has 0 aliphatic rings. The number of hydrogen-bond acceptors (Lipinski definition) is 3. The monoisotopic (exact) mass is 322 g/mol. The Labute approximate surface area is 122 Å². The third-order valence-corrected chi connectivity index (χ3v) is 3.42. The van der Waals surface area contributed by atoms with Crippen LogP contribution in [0, 0.1) is 12.8 Å². The zero-order valence-electron chi connectivity index (χ0n) is 11.5. The van der Waals surface area contributed by atoms with Gasteiger partial charge in [-0.2, -0.15) is 0 Å². The van der Waals surface area contributed by atoms with Crippen LogP contribution in [0.25, 0.3) is 5.69 Å². The maximum absolute atomic E-state index is 4.19. The van der Waals surface area contributed by atoms with Gasteiger partial charge < -0.3 is 5.32 Å². The average Bonchev–Trinajstić information content (AvgIpc) is 2.80. The van der Waals surface area contributed by atoms with E-state index < -0.39 is 0 Å². The first-order chi connectivity index (χ1) is 9.06. The minimum atomic E-state index is 0.640. The highest BCUT2D eigenvalue weighted by atomic mass is 79.9. The van der Waals surface area contributed by atoms with Crippen LogP contribution in [0.1, 0.15) is 25.1 Å². The molecule has 0 saturated heterocycles. The minimum Gasteiger partial charge on any atom is -0.311 e. The zero-order chi connectivity index (χ0) is 13.8. The Morgan fingerprint density at radius 1 is 1.37 bits per heavy atom. The molecule has 1 aromatic carbocycles. The fraction of sp³-hybridized carbons (Fsp3) is 0.429. The van der Waals surface area contributed by atoms with Crippen molar-refractivity contribution in [3.05, 3.63) is 40.1 Å². The molecule has 19 heavy (non-hydrogen) atoms. The minimum absolute atomic E-state index is 0.640. The van der Waals surface area contributed by atoms with E-state index in [1.165, 1.54) is 5.56 Å². The Morgan fingerprint density at radius 2 is 2.16 bits per heavy atom. The third-order valence-electron chi connectivity index (χ3n) is 2.75. The van der Waals surface area contributed by atoms with E-state index in [0.717, 1.165) is 28.9 Å². The van der Waals surface area contributed by atoms with Gasteiger partial charge in [-0.15, -0.1) is 5.10 Å². The first-order valence-corrected chi connectivity index (χ1v) is 7.24. The molecule has 0 spiro atoms. The maximum atomic E-state index is 4.19. The number of aryl methyl sites for hydroxylation is 1. The van der Waals surface area contributed by atoms with Gasteiger partial charge in [-0.05, 0) is 53.0 Å². The first kappa shape index (κ1) is 14.2. The van der Waals surface area contributed by atoms with Crippen LogP contribution in [0.5, 0.6) is 0 Å². The predicted molar refractivity (Wildman–Crippen MR) is 80.3 cm³/mol. The van der Waals surface area contributed by atoms with Gasteiger partial charge in [-0.25, -0.2) is 4.68 Å². The van der Waals surface area contributed by atoms with Gasteiger partial charge in [0.25, 0.3) is 0 Å². The van der Waals surface area contributed by atoms with Gasteiger partial charge in [0.05, 0.1) is 17.6 Å². The summed E-state index contributed by atoms with van der Waals surface area (Å²) in [4.78, 5) is 0. The topological polar surface area (TPSA) is 42.7 Å². The largest absolute Gasteiger partial charge is 0.311 e. The standard InChI is InChI=1S/C14H19BrN4/c1-10(2)7-16-8-12-9-19(18-17-12)14-6-11(3)4-5-13(14)15/h4-6,9-10,16H,7-8H2,1-3H3. The molecule has 0 saturated carbocycles. The fourth-order valence-electron chi connectivity index (χ4n) is 1.78. The van der Waals surface area contributed by atoms with Crippen molar-refractivity contribution in [2.75, 3.05) is 6.54 Å². The Kier molecular flexibility index (Phi) is 4.71. The van der Waals surface area contributed by atoms with E-state index in [1.807, 2.05) is 16.9 Å². The van der Waals surface area contributed by atoms with Crippen molar-refractivity contribution in [2.45, 2.75) is 27.3 Å². The smallest absolute Gasteiger partial charge is 0.0969 e. The number of benzene rings is 1. The van der Waals surface area contributed by atoms with E-state index >= 15 is 0 Å². The second-order valence-corrected chi connectivity index (χ2v) is 5.99. The van der Waals surface area contributed by atoms with E-state index in [1.54, 1.807) is 0 Å². The lowest BCUT2D eigenvalue weighted by Gasteiger charge is -2.05. The average molecular weight is 323 g/mol. The lowest BCUT2D eigenvalue weighted by Crippen LogP contribution is -2.19. The van der Waals surface area contributed by atoms with Gasteiger partial charge in [-0.1, -0.05) is 25.1 Å². The van der Waals surface area contributed by atoms with Gasteiger partial charge >= 0.3 is 0 Å². The van der Waals surface area contributed by atoms with Crippen LogP contribution in [-0.2, 0) is 6.54 Å². The number of nitrogens with one attached hydrogen (secondary N) is 1. The van der Waals surface area contributed by atoms with Crippen LogP contribution >= 0.6 is 15.9 Å². The van der Waals surface area contributed by atoms with Crippen LogP contribution < -0.4 is 5.32 Å². The predicted octanol–water partition coefficient (Wildman–Crippen LogP) is 3.08. The molecule has 4 nitrogen and oxygen atoms in total. The molecular formula is C14H19BrN4. The zero-order valence-corrected chi connectivity index (χ0v) is 13.1. The molecule has 5 heteroatoms. The fourth-order valence-corrected chi connectivity index (χ4v) is 2.21. The van der Waals surface area contributed by atoms with Gasteiger partial charge in [0.15, 0.2) is 0 Å². The number of hydrogen-bond donors (Lipinski definition) is 1. The van der Waals surface area contributed by atoms with Gasteiger partial charge in [0.2, 0.25) is 0 Å². The molecule has 2 aromatic rings.